The normalized spacial score (nSPS) is 38.9. The van der Waals surface area contributed by atoms with Crippen LogP contribution in [0.15, 0.2) is 47.6 Å². The fraction of sp³-hybridized carbons (Fsp3) is 0.750. The summed E-state index contributed by atoms with van der Waals surface area (Å²) in [6, 6.07) is -1.20. The summed E-state index contributed by atoms with van der Waals surface area (Å²) < 4.78 is 35.7. The van der Waals surface area contributed by atoms with Crippen LogP contribution in [0.5, 0.6) is 0 Å². The molecule has 0 aromatic rings. The molecule has 1 aliphatic carbocycles. The van der Waals surface area contributed by atoms with Crippen molar-refractivity contribution in [3.63, 3.8) is 0 Å². The lowest BCUT2D eigenvalue weighted by Gasteiger charge is -2.50. The van der Waals surface area contributed by atoms with Crippen LogP contribution in [-0.2, 0) is 57.2 Å². The average molecular weight is 1040 g/mol. The summed E-state index contributed by atoms with van der Waals surface area (Å²) in [6.07, 6.45) is 9.77. The van der Waals surface area contributed by atoms with Crippen molar-refractivity contribution in [3.8, 4) is 0 Å². The van der Waals surface area contributed by atoms with Crippen LogP contribution < -0.4 is 0 Å². The van der Waals surface area contributed by atoms with Gasteiger partial charge in [-0.3, -0.25) is 28.9 Å². The van der Waals surface area contributed by atoms with E-state index in [0.29, 0.717) is 63.4 Å². The molecule has 6 bridgehead atoms. The number of fused-ring (bicyclic) bond motifs is 3. The maximum absolute atomic E-state index is 14.6. The van der Waals surface area contributed by atoms with Gasteiger partial charge in [-0.1, -0.05) is 64.2 Å². The first-order valence-corrected chi connectivity index (χ1v) is 26.8. The minimum Gasteiger partial charge on any atom is -0.460 e. The minimum absolute atomic E-state index is 0.00153. The Morgan fingerprint density at radius 2 is 1.57 bits per heavy atom. The predicted molar refractivity (Wildman–Crippen MR) is 273 cm³/mol. The molecular weight excluding hydrogens is 957 g/mol. The molecule has 4 heterocycles. The van der Waals surface area contributed by atoms with Crippen molar-refractivity contribution in [3.05, 3.63) is 47.6 Å². The Balaban J connectivity index is 1.48. The van der Waals surface area contributed by atoms with E-state index in [1.165, 1.54) is 19.1 Å². The molecule has 0 radical (unpaired) electrons. The number of ketones is 3. The second-order valence-electron chi connectivity index (χ2n) is 21.7. The van der Waals surface area contributed by atoms with Crippen molar-refractivity contribution in [1.29, 1.82) is 0 Å². The van der Waals surface area contributed by atoms with Gasteiger partial charge in [0.1, 0.15) is 36.2 Å². The van der Waals surface area contributed by atoms with Gasteiger partial charge in [0.15, 0.2) is 5.78 Å². The number of esters is 2. The fourth-order valence-corrected chi connectivity index (χ4v) is 12.0. The Morgan fingerprint density at radius 3 is 2.23 bits per heavy atom. The lowest BCUT2D eigenvalue weighted by atomic mass is 9.68. The van der Waals surface area contributed by atoms with Gasteiger partial charge in [0.05, 0.1) is 38.1 Å². The van der Waals surface area contributed by atoms with Gasteiger partial charge in [-0.25, -0.2) is 4.79 Å². The van der Waals surface area contributed by atoms with Gasteiger partial charge in [0.25, 0.3) is 11.7 Å². The van der Waals surface area contributed by atoms with Gasteiger partial charge in [0, 0.05) is 77.5 Å². The van der Waals surface area contributed by atoms with Crippen molar-refractivity contribution < 1.29 is 77.6 Å². The average Bonchev–Trinajstić information content (AvgIpc) is 3.37. The maximum atomic E-state index is 14.6. The van der Waals surface area contributed by atoms with Crippen molar-refractivity contribution in [1.82, 2.24) is 9.80 Å². The van der Waals surface area contributed by atoms with Gasteiger partial charge in [-0.15, -0.1) is 0 Å². The van der Waals surface area contributed by atoms with Crippen molar-refractivity contribution in [2.24, 2.45) is 41.4 Å². The number of piperidine rings is 1. The van der Waals surface area contributed by atoms with Crippen LogP contribution >= 0.6 is 0 Å². The van der Waals surface area contributed by atoms with E-state index in [0.717, 1.165) is 5.57 Å². The number of Topliss-reactive ketones (excluding diaryl/α,β-unsaturated/α-hetero) is 3. The van der Waals surface area contributed by atoms with Gasteiger partial charge < -0.3 is 53.7 Å². The molecule has 4 aliphatic heterocycles. The SMILES string of the molecule is CO[C@H]1C[C@@H]2CC[C@@H](C)[C@@](O)(O2)C(=O)C(=O)N2CCCC3[C@H]2C(=O)O[C@@H](CC(=O)[C@H](C)/C=C(\C)[C@@H](O)[C@@H](OC)C(=O)[C@H](C)C[C@H](C)/C=C/C=C/C=C/1C)[C@H]3C[C@@H]1CC[C@@H](OC(=O)CN(CCO)CCO)[C@H](OC)C1. The molecular formula is C56H86N2O16. The number of ether oxygens (including phenoxy) is 6. The number of allylic oxidation sites excluding steroid dienone is 6. The second kappa shape index (κ2) is 28.4. The van der Waals surface area contributed by atoms with E-state index in [1.807, 2.05) is 44.2 Å². The predicted octanol–water partition coefficient (Wildman–Crippen LogP) is 4.24. The first-order valence-electron chi connectivity index (χ1n) is 26.8. The number of nitrogens with zero attached hydrogens (tertiary/aromatic N) is 2. The topological polar surface area (TPSA) is 245 Å². The van der Waals surface area contributed by atoms with Crippen LogP contribution in [0.4, 0.5) is 0 Å². The van der Waals surface area contributed by atoms with Crippen LogP contribution in [0.2, 0.25) is 0 Å². The van der Waals surface area contributed by atoms with E-state index in [-0.39, 0.29) is 75.6 Å². The lowest BCUT2D eigenvalue weighted by molar-refractivity contribution is -0.266. The number of hydrogen-bond acceptors (Lipinski definition) is 17. The molecule has 1 amide bonds. The van der Waals surface area contributed by atoms with Gasteiger partial charge >= 0.3 is 11.9 Å². The molecule has 18 nitrogen and oxygen atoms in total. The van der Waals surface area contributed by atoms with Crippen molar-refractivity contribution in [2.45, 2.75) is 167 Å². The standard InChI is InChI=1S/C56H86N2O16/c1-33-14-11-10-12-15-34(2)45(69-7)30-40-19-17-38(6)56(68,74-40)53(65)54(66)58-21-13-16-41-42(28-39-18-20-44(47(29-39)70-8)72-48(62)32-57(22-24-59)23-25-60)46(73-55(67)49(41)58)31-43(61)35(3)27-37(5)51(64)52(71-9)50(63)36(4)26-33/h10-12,14-15,27,33,35-36,38-42,44-47,49,51-52,59-60,64,68H,13,16-26,28-32H2,1-9H3/b12-10+,14-11+,34-15+,37-27+/t33-,35-,36-,38-,39+,40+,41?,42+,44-,45+,46+,47-,49+,51-,52+,56-/m1/s1. The van der Waals surface area contributed by atoms with Crippen LogP contribution in [-0.4, -0.2) is 181 Å². The van der Waals surface area contributed by atoms with E-state index in [2.05, 4.69) is 0 Å². The van der Waals surface area contributed by atoms with Crippen LogP contribution in [0, 0.1) is 41.4 Å². The zero-order chi connectivity index (χ0) is 54.4. The van der Waals surface area contributed by atoms with E-state index in [4.69, 9.17) is 28.4 Å². The summed E-state index contributed by atoms with van der Waals surface area (Å²) in [5.41, 5.74) is 1.23. The third-order valence-electron chi connectivity index (χ3n) is 16.4. The summed E-state index contributed by atoms with van der Waals surface area (Å²) in [5.74, 6) is -9.62. The summed E-state index contributed by atoms with van der Waals surface area (Å²) in [6.45, 7) is 10.6. The highest BCUT2D eigenvalue weighted by Crippen LogP contribution is 2.45. The molecule has 0 aromatic heterocycles. The molecule has 4 N–H and O–H groups in total. The lowest BCUT2D eigenvalue weighted by Crippen LogP contribution is -2.65. The third kappa shape index (κ3) is 15.4. The largest absolute Gasteiger partial charge is 0.460 e. The number of amides is 1. The molecule has 0 aromatic carbocycles. The number of aliphatic hydroxyl groups excluding tert-OH is 3. The molecule has 5 rings (SSSR count). The van der Waals surface area contributed by atoms with Crippen molar-refractivity contribution in [2.75, 3.05) is 60.7 Å². The fourth-order valence-electron chi connectivity index (χ4n) is 12.0. The number of hydrogen-bond donors (Lipinski definition) is 4. The first kappa shape index (κ1) is 60.9. The van der Waals surface area contributed by atoms with Crippen LogP contribution in [0.25, 0.3) is 0 Å². The molecule has 16 atom stereocenters. The molecule has 5 aliphatic rings. The number of carbonyl (C=O) groups excluding carboxylic acids is 6. The summed E-state index contributed by atoms with van der Waals surface area (Å²) >= 11 is 0. The summed E-state index contributed by atoms with van der Waals surface area (Å²) in [5, 5.41) is 42.5. The quantitative estimate of drug-likeness (QED) is 0.121. The van der Waals surface area contributed by atoms with Gasteiger partial charge in [-0.05, 0) is 101 Å². The van der Waals surface area contributed by atoms with Crippen LogP contribution in [0.1, 0.15) is 112 Å². The van der Waals surface area contributed by atoms with E-state index in [1.54, 1.807) is 45.8 Å². The van der Waals surface area contributed by atoms with E-state index < -0.39 is 108 Å². The number of rotatable bonds is 12. The molecule has 416 valence electrons. The zero-order valence-electron chi connectivity index (χ0n) is 45.2. The Kier molecular flexibility index (Phi) is 23.4. The zero-order valence-corrected chi connectivity index (χ0v) is 45.2. The highest BCUT2D eigenvalue weighted by Gasteiger charge is 2.57. The Morgan fingerprint density at radius 1 is 0.851 bits per heavy atom. The van der Waals surface area contributed by atoms with Gasteiger partial charge in [0.2, 0.25) is 5.79 Å². The Bertz CT molecular complexity index is 2050. The molecule has 74 heavy (non-hydrogen) atoms. The number of carbonyl (C=O) groups is 6. The molecule has 0 spiro atoms. The Hall–Kier alpha value is -3.98. The van der Waals surface area contributed by atoms with Crippen molar-refractivity contribution >= 4 is 35.2 Å². The molecule has 18 heteroatoms. The molecule has 3 saturated heterocycles. The monoisotopic (exact) mass is 1040 g/mol. The highest BCUT2D eigenvalue weighted by molar-refractivity contribution is 6.39. The van der Waals surface area contributed by atoms with Crippen LogP contribution in [0.3, 0.4) is 0 Å². The second-order valence-corrected chi connectivity index (χ2v) is 21.7. The number of aliphatic hydroxyl groups is 4. The van der Waals surface area contributed by atoms with E-state index >= 15 is 0 Å². The highest BCUT2D eigenvalue weighted by atomic mass is 16.6. The number of methoxy groups -OCH3 is 3. The molecule has 1 unspecified atom stereocenters. The van der Waals surface area contributed by atoms with E-state index in [9.17, 15) is 49.2 Å². The third-order valence-corrected chi connectivity index (χ3v) is 16.4. The summed E-state index contributed by atoms with van der Waals surface area (Å²) in [4.78, 5) is 87.6. The Labute approximate surface area is 437 Å². The van der Waals surface area contributed by atoms with Gasteiger partial charge in [-0.2, -0.15) is 0 Å². The molecule has 4 fully saturated rings. The smallest absolute Gasteiger partial charge is 0.329 e. The minimum atomic E-state index is -2.48. The maximum Gasteiger partial charge on any atom is 0.329 e. The summed E-state index contributed by atoms with van der Waals surface area (Å²) in [7, 11) is 4.47. The molecule has 1 saturated carbocycles. The first-order chi connectivity index (χ1) is 35.2.